The van der Waals surface area contributed by atoms with Crippen LogP contribution in [0.5, 0.6) is 11.5 Å². The van der Waals surface area contributed by atoms with Crippen LogP contribution in [0.25, 0.3) is 10.9 Å². The van der Waals surface area contributed by atoms with Crippen molar-refractivity contribution in [1.82, 2.24) is 19.8 Å². The molecule has 7 nitrogen and oxygen atoms in total. The molecule has 1 heterocycles. The molecule has 1 aromatic carbocycles. The second kappa shape index (κ2) is 8.17. The molecule has 0 radical (unpaired) electrons. The molecule has 0 bridgehead atoms. The molecule has 8 heteroatoms. The molecule has 3 rings (SSSR count). The van der Waals surface area contributed by atoms with Gasteiger partial charge < -0.3 is 19.3 Å². The molecule has 0 atom stereocenters. The summed E-state index contributed by atoms with van der Waals surface area (Å²) in [4.78, 5) is 23.8. The summed E-state index contributed by atoms with van der Waals surface area (Å²) in [5.41, 5.74) is 0.715. The number of amides is 2. The van der Waals surface area contributed by atoms with E-state index in [0.29, 0.717) is 22.2 Å². The summed E-state index contributed by atoms with van der Waals surface area (Å²) in [6.45, 7) is 0. The van der Waals surface area contributed by atoms with E-state index in [9.17, 15) is 4.79 Å². The number of rotatable bonds is 4. The van der Waals surface area contributed by atoms with Crippen LogP contribution in [0, 0.1) is 0 Å². The van der Waals surface area contributed by atoms with Gasteiger partial charge in [0.25, 0.3) is 0 Å². The van der Waals surface area contributed by atoms with Crippen LogP contribution in [0.1, 0.15) is 25.7 Å². The third-order valence-electron chi connectivity index (χ3n) is 5.04. The predicted octanol–water partition coefficient (Wildman–Crippen LogP) is 3.60. The lowest BCUT2D eigenvalue weighted by Gasteiger charge is -2.36. The Kier molecular flexibility index (Phi) is 5.89. The maximum absolute atomic E-state index is 12.1. The summed E-state index contributed by atoms with van der Waals surface area (Å²) in [7, 11) is 7.01. The summed E-state index contributed by atoms with van der Waals surface area (Å²) < 4.78 is 11.7. The first-order valence-electron chi connectivity index (χ1n) is 8.99. The van der Waals surface area contributed by atoms with E-state index in [-0.39, 0.29) is 18.2 Å². The number of methoxy groups -OCH3 is 1. The van der Waals surface area contributed by atoms with Gasteiger partial charge in [0, 0.05) is 38.6 Å². The van der Waals surface area contributed by atoms with Crippen molar-refractivity contribution in [3.63, 3.8) is 0 Å². The standard InChI is InChI=1S/C19H25ClN4O3/c1-23(2)19(25)24(3)12-5-7-13(8-6-12)27-17-9-14-15(10-16(17)26-4)21-11-22-18(14)20/h9-13H,5-8H2,1-4H3/t12-,13-. The third kappa shape index (κ3) is 4.18. The number of carbonyl (C=O) groups is 1. The quantitative estimate of drug-likeness (QED) is 0.744. The minimum Gasteiger partial charge on any atom is -0.493 e. The molecule has 0 unspecified atom stereocenters. The molecular formula is C19H25ClN4O3. The van der Waals surface area contributed by atoms with Crippen molar-refractivity contribution >= 4 is 28.5 Å². The normalized spacial score (nSPS) is 19.6. The summed E-state index contributed by atoms with van der Waals surface area (Å²) in [5, 5.41) is 1.12. The number of aromatic nitrogens is 2. The van der Waals surface area contributed by atoms with Gasteiger partial charge in [0.15, 0.2) is 11.5 Å². The molecule has 2 amide bonds. The van der Waals surface area contributed by atoms with E-state index in [1.165, 1.54) is 6.33 Å². The van der Waals surface area contributed by atoms with E-state index >= 15 is 0 Å². The summed E-state index contributed by atoms with van der Waals surface area (Å²) in [6.07, 6.45) is 5.04. The van der Waals surface area contributed by atoms with Gasteiger partial charge in [-0.25, -0.2) is 14.8 Å². The molecule has 1 aliphatic rings. The molecule has 27 heavy (non-hydrogen) atoms. The van der Waals surface area contributed by atoms with Gasteiger partial charge in [-0.05, 0) is 31.7 Å². The Morgan fingerprint density at radius 3 is 2.44 bits per heavy atom. The summed E-state index contributed by atoms with van der Waals surface area (Å²) in [6, 6.07) is 3.92. The lowest BCUT2D eigenvalue weighted by atomic mass is 9.92. The molecule has 1 aliphatic carbocycles. The fourth-order valence-corrected chi connectivity index (χ4v) is 3.68. The second-order valence-electron chi connectivity index (χ2n) is 7.02. The first kappa shape index (κ1) is 19.5. The van der Waals surface area contributed by atoms with Crippen LogP contribution >= 0.6 is 11.6 Å². The second-order valence-corrected chi connectivity index (χ2v) is 7.38. The van der Waals surface area contributed by atoms with E-state index in [1.807, 2.05) is 24.1 Å². The maximum atomic E-state index is 12.1. The highest BCUT2D eigenvalue weighted by atomic mass is 35.5. The molecule has 0 aliphatic heterocycles. The molecule has 1 aromatic heterocycles. The Morgan fingerprint density at radius 2 is 1.81 bits per heavy atom. The van der Waals surface area contributed by atoms with Crippen LogP contribution in [0.4, 0.5) is 4.79 Å². The molecule has 1 saturated carbocycles. The molecule has 146 valence electrons. The number of hydrogen-bond donors (Lipinski definition) is 0. The lowest BCUT2D eigenvalue weighted by Crippen LogP contribution is -2.45. The zero-order valence-electron chi connectivity index (χ0n) is 16.1. The molecule has 1 fully saturated rings. The van der Waals surface area contributed by atoms with E-state index < -0.39 is 0 Å². The number of hydrogen-bond acceptors (Lipinski definition) is 5. The third-order valence-corrected chi connectivity index (χ3v) is 5.34. The van der Waals surface area contributed by atoms with Gasteiger partial charge in [-0.3, -0.25) is 0 Å². The highest BCUT2D eigenvalue weighted by Crippen LogP contribution is 2.36. The van der Waals surface area contributed by atoms with Crippen molar-refractivity contribution in [3.8, 4) is 11.5 Å². The number of fused-ring (bicyclic) bond motifs is 1. The molecule has 0 spiro atoms. The van der Waals surface area contributed by atoms with Crippen molar-refractivity contribution < 1.29 is 14.3 Å². The number of benzene rings is 1. The summed E-state index contributed by atoms with van der Waals surface area (Å²) >= 11 is 6.19. The topological polar surface area (TPSA) is 67.8 Å². The van der Waals surface area contributed by atoms with Crippen LogP contribution < -0.4 is 9.47 Å². The Balaban J connectivity index is 1.70. The van der Waals surface area contributed by atoms with Crippen LogP contribution in [-0.2, 0) is 0 Å². The van der Waals surface area contributed by atoms with Gasteiger partial charge >= 0.3 is 6.03 Å². The van der Waals surface area contributed by atoms with Crippen LogP contribution in [0.3, 0.4) is 0 Å². The first-order valence-corrected chi connectivity index (χ1v) is 9.37. The smallest absolute Gasteiger partial charge is 0.319 e. The van der Waals surface area contributed by atoms with Gasteiger partial charge in [-0.2, -0.15) is 0 Å². The van der Waals surface area contributed by atoms with Crippen molar-refractivity contribution in [2.75, 3.05) is 28.3 Å². The van der Waals surface area contributed by atoms with Crippen molar-refractivity contribution in [2.45, 2.75) is 37.8 Å². The number of ether oxygens (including phenoxy) is 2. The Bertz CT molecular complexity index is 822. The Labute approximate surface area is 164 Å². The number of halogens is 1. The van der Waals surface area contributed by atoms with Gasteiger partial charge in [-0.15, -0.1) is 0 Å². The van der Waals surface area contributed by atoms with Gasteiger partial charge in [0.05, 0.1) is 18.7 Å². The van der Waals surface area contributed by atoms with E-state index in [2.05, 4.69) is 9.97 Å². The van der Waals surface area contributed by atoms with Crippen molar-refractivity contribution in [3.05, 3.63) is 23.6 Å². The Morgan fingerprint density at radius 1 is 1.11 bits per heavy atom. The minimum absolute atomic E-state index is 0.0326. The highest BCUT2D eigenvalue weighted by molar-refractivity contribution is 6.34. The predicted molar refractivity (Wildman–Crippen MR) is 105 cm³/mol. The lowest BCUT2D eigenvalue weighted by molar-refractivity contribution is 0.0991. The van der Waals surface area contributed by atoms with Crippen LogP contribution in [0.15, 0.2) is 18.5 Å². The van der Waals surface area contributed by atoms with Gasteiger partial charge in [0.1, 0.15) is 11.5 Å². The van der Waals surface area contributed by atoms with Crippen LogP contribution in [0.2, 0.25) is 5.15 Å². The zero-order chi connectivity index (χ0) is 19.6. The number of carbonyl (C=O) groups excluding carboxylic acids is 1. The van der Waals surface area contributed by atoms with E-state index in [1.54, 1.807) is 26.1 Å². The zero-order valence-corrected chi connectivity index (χ0v) is 16.9. The van der Waals surface area contributed by atoms with Crippen molar-refractivity contribution in [2.24, 2.45) is 0 Å². The van der Waals surface area contributed by atoms with Crippen LogP contribution in [-0.4, -0.2) is 66.2 Å². The molecule has 2 aromatic rings. The SMILES string of the molecule is COc1cc2ncnc(Cl)c2cc1O[C@H]1CC[C@H](N(C)C(=O)N(C)C)CC1. The Hall–Kier alpha value is -2.28. The van der Waals surface area contributed by atoms with Gasteiger partial charge in [-0.1, -0.05) is 11.6 Å². The largest absolute Gasteiger partial charge is 0.493 e. The monoisotopic (exact) mass is 392 g/mol. The minimum atomic E-state index is 0.0326. The average Bonchev–Trinajstić information content (AvgIpc) is 2.67. The van der Waals surface area contributed by atoms with E-state index in [4.69, 9.17) is 21.1 Å². The first-order chi connectivity index (χ1) is 12.9. The molecule has 0 saturated heterocycles. The highest BCUT2D eigenvalue weighted by Gasteiger charge is 2.28. The average molecular weight is 393 g/mol. The molecular weight excluding hydrogens is 368 g/mol. The van der Waals surface area contributed by atoms with Crippen molar-refractivity contribution in [1.29, 1.82) is 0 Å². The summed E-state index contributed by atoms with van der Waals surface area (Å²) in [5.74, 6) is 1.27. The fourth-order valence-electron chi connectivity index (χ4n) is 3.49. The molecule has 0 N–H and O–H groups in total. The van der Waals surface area contributed by atoms with E-state index in [0.717, 1.165) is 31.1 Å². The maximum Gasteiger partial charge on any atom is 0.319 e. The van der Waals surface area contributed by atoms with Gasteiger partial charge in [0.2, 0.25) is 0 Å². The number of urea groups is 1. The fraction of sp³-hybridized carbons (Fsp3) is 0.526. The number of nitrogens with zero attached hydrogens (tertiary/aromatic N) is 4.